The fraction of sp³-hybridized carbons (Fsp3) is 0.409. The van der Waals surface area contributed by atoms with Crippen LogP contribution in [0, 0.1) is 0 Å². The van der Waals surface area contributed by atoms with Gasteiger partial charge in [-0.15, -0.1) is 5.10 Å². The van der Waals surface area contributed by atoms with Gasteiger partial charge in [-0.05, 0) is 42.2 Å². The van der Waals surface area contributed by atoms with Crippen LogP contribution in [-0.4, -0.2) is 47.3 Å². The SMILES string of the molecule is CCN(CCOC)c1ccc2nc(NC(=O)c3ccc(C(C)(C)C)cc3)cn2n1. The van der Waals surface area contributed by atoms with Gasteiger partial charge in [0, 0.05) is 25.8 Å². The molecule has 2 heterocycles. The highest BCUT2D eigenvalue weighted by molar-refractivity contribution is 6.03. The summed E-state index contributed by atoms with van der Waals surface area (Å²) in [6, 6.07) is 11.5. The summed E-state index contributed by atoms with van der Waals surface area (Å²) in [6.07, 6.45) is 1.73. The maximum absolute atomic E-state index is 12.6. The van der Waals surface area contributed by atoms with Gasteiger partial charge in [-0.1, -0.05) is 32.9 Å². The van der Waals surface area contributed by atoms with E-state index in [4.69, 9.17) is 4.74 Å². The zero-order valence-corrected chi connectivity index (χ0v) is 17.8. The number of imidazole rings is 1. The molecule has 1 N–H and O–H groups in total. The van der Waals surface area contributed by atoms with E-state index in [-0.39, 0.29) is 11.3 Å². The van der Waals surface area contributed by atoms with Crippen LogP contribution in [0.25, 0.3) is 5.65 Å². The maximum atomic E-state index is 12.6. The summed E-state index contributed by atoms with van der Waals surface area (Å²) < 4.78 is 6.85. The Balaban J connectivity index is 1.75. The summed E-state index contributed by atoms with van der Waals surface area (Å²) in [5.41, 5.74) is 2.51. The molecular weight excluding hydrogens is 366 g/mol. The Hall–Kier alpha value is -2.93. The standard InChI is InChI=1S/C22H29N5O2/c1-6-26(13-14-29-5)20-12-11-19-23-18(15-27(19)25-20)24-21(28)16-7-9-17(10-8-16)22(2,3)4/h7-12,15H,6,13-14H2,1-5H3,(H,24,28). The molecule has 0 saturated heterocycles. The van der Waals surface area contributed by atoms with Crippen LogP contribution < -0.4 is 10.2 Å². The maximum Gasteiger partial charge on any atom is 0.256 e. The molecule has 0 aliphatic carbocycles. The van der Waals surface area contributed by atoms with Crippen molar-refractivity contribution < 1.29 is 9.53 Å². The third-order valence-electron chi connectivity index (χ3n) is 4.83. The number of likely N-dealkylation sites (N-methyl/N-ethyl adjacent to an activating group) is 1. The lowest BCUT2D eigenvalue weighted by molar-refractivity contribution is 0.102. The summed E-state index contributed by atoms with van der Waals surface area (Å²) in [7, 11) is 1.69. The predicted octanol–water partition coefficient (Wildman–Crippen LogP) is 3.75. The van der Waals surface area contributed by atoms with Gasteiger partial charge in [-0.3, -0.25) is 4.79 Å². The number of fused-ring (bicyclic) bond motifs is 1. The molecule has 0 saturated carbocycles. The quantitative estimate of drug-likeness (QED) is 0.660. The summed E-state index contributed by atoms with van der Waals surface area (Å²) in [4.78, 5) is 19.2. The van der Waals surface area contributed by atoms with Gasteiger partial charge in [0.1, 0.15) is 5.82 Å². The van der Waals surface area contributed by atoms with Crippen molar-refractivity contribution >= 4 is 23.2 Å². The lowest BCUT2D eigenvalue weighted by Gasteiger charge is -2.21. The lowest BCUT2D eigenvalue weighted by Crippen LogP contribution is -2.28. The predicted molar refractivity (Wildman–Crippen MR) is 116 cm³/mol. The van der Waals surface area contributed by atoms with Gasteiger partial charge in [0.2, 0.25) is 0 Å². The van der Waals surface area contributed by atoms with E-state index in [0.29, 0.717) is 23.6 Å². The van der Waals surface area contributed by atoms with Gasteiger partial charge in [-0.2, -0.15) is 0 Å². The lowest BCUT2D eigenvalue weighted by atomic mass is 9.87. The normalized spacial score (nSPS) is 11.6. The van der Waals surface area contributed by atoms with E-state index in [2.05, 4.69) is 48.0 Å². The number of amides is 1. The fourth-order valence-corrected chi connectivity index (χ4v) is 3.05. The molecule has 29 heavy (non-hydrogen) atoms. The molecule has 0 atom stereocenters. The molecule has 0 aliphatic heterocycles. The molecule has 2 aromatic heterocycles. The molecule has 0 aliphatic rings. The Labute approximate surface area is 171 Å². The second-order valence-corrected chi connectivity index (χ2v) is 7.97. The number of ether oxygens (including phenoxy) is 1. The third-order valence-corrected chi connectivity index (χ3v) is 4.83. The Bertz CT molecular complexity index is 973. The van der Waals surface area contributed by atoms with Crippen molar-refractivity contribution in [3.05, 3.63) is 53.7 Å². The minimum Gasteiger partial charge on any atom is -0.383 e. The summed E-state index contributed by atoms with van der Waals surface area (Å²) in [5.74, 6) is 1.12. The number of anilines is 2. The summed E-state index contributed by atoms with van der Waals surface area (Å²) >= 11 is 0. The van der Waals surface area contributed by atoms with E-state index in [1.54, 1.807) is 17.8 Å². The monoisotopic (exact) mass is 395 g/mol. The highest BCUT2D eigenvalue weighted by Gasteiger charge is 2.15. The summed E-state index contributed by atoms with van der Waals surface area (Å²) in [5, 5.41) is 7.47. The van der Waals surface area contributed by atoms with Gasteiger partial charge in [0.25, 0.3) is 5.91 Å². The first-order valence-electron chi connectivity index (χ1n) is 9.84. The number of carbonyl (C=O) groups is 1. The van der Waals surface area contributed by atoms with Crippen LogP contribution in [0.3, 0.4) is 0 Å². The second kappa shape index (κ2) is 8.61. The number of benzene rings is 1. The van der Waals surface area contributed by atoms with Gasteiger partial charge < -0.3 is 15.0 Å². The van der Waals surface area contributed by atoms with E-state index < -0.39 is 0 Å². The van der Waals surface area contributed by atoms with Crippen molar-refractivity contribution in [3.63, 3.8) is 0 Å². The third kappa shape index (κ3) is 4.92. The van der Waals surface area contributed by atoms with Crippen LogP contribution in [0.2, 0.25) is 0 Å². The van der Waals surface area contributed by atoms with E-state index in [9.17, 15) is 4.79 Å². The molecule has 0 unspecified atom stereocenters. The van der Waals surface area contributed by atoms with E-state index in [1.165, 1.54) is 5.56 Å². The average Bonchev–Trinajstić information content (AvgIpc) is 3.09. The zero-order chi connectivity index (χ0) is 21.0. The van der Waals surface area contributed by atoms with Crippen molar-refractivity contribution in [2.75, 3.05) is 37.0 Å². The molecule has 7 nitrogen and oxygen atoms in total. The van der Waals surface area contributed by atoms with Crippen LogP contribution in [0.1, 0.15) is 43.6 Å². The van der Waals surface area contributed by atoms with Gasteiger partial charge in [0.05, 0.1) is 12.8 Å². The zero-order valence-electron chi connectivity index (χ0n) is 17.8. The molecule has 154 valence electrons. The van der Waals surface area contributed by atoms with E-state index in [0.717, 1.165) is 18.9 Å². The van der Waals surface area contributed by atoms with Gasteiger partial charge >= 0.3 is 0 Å². The van der Waals surface area contributed by atoms with Gasteiger partial charge in [0.15, 0.2) is 11.5 Å². The highest BCUT2D eigenvalue weighted by atomic mass is 16.5. The average molecular weight is 396 g/mol. The van der Waals surface area contributed by atoms with Crippen molar-refractivity contribution in [3.8, 4) is 0 Å². The minimum atomic E-state index is -0.190. The smallest absolute Gasteiger partial charge is 0.256 e. The Morgan fingerprint density at radius 2 is 1.90 bits per heavy atom. The molecule has 0 spiro atoms. The molecule has 3 rings (SSSR count). The number of nitrogens with zero attached hydrogens (tertiary/aromatic N) is 4. The van der Waals surface area contributed by atoms with Crippen LogP contribution >= 0.6 is 0 Å². The Morgan fingerprint density at radius 3 is 2.52 bits per heavy atom. The largest absolute Gasteiger partial charge is 0.383 e. The van der Waals surface area contributed by atoms with Crippen LogP contribution in [0.4, 0.5) is 11.6 Å². The number of nitrogens with one attached hydrogen (secondary N) is 1. The van der Waals surface area contributed by atoms with Crippen molar-refractivity contribution in [1.82, 2.24) is 14.6 Å². The van der Waals surface area contributed by atoms with Crippen LogP contribution in [0.15, 0.2) is 42.6 Å². The number of methoxy groups -OCH3 is 1. The Kier molecular flexibility index (Phi) is 6.17. The highest BCUT2D eigenvalue weighted by Crippen LogP contribution is 2.22. The van der Waals surface area contributed by atoms with Crippen LogP contribution in [0.5, 0.6) is 0 Å². The molecule has 1 amide bonds. The first-order chi connectivity index (χ1) is 13.8. The molecular formula is C22H29N5O2. The van der Waals surface area contributed by atoms with Crippen molar-refractivity contribution in [2.24, 2.45) is 0 Å². The van der Waals surface area contributed by atoms with Crippen LogP contribution in [-0.2, 0) is 10.2 Å². The first-order valence-corrected chi connectivity index (χ1v) is 9.84. The first kappa shape index (κ1) is 20.8. The van der Waals surface area contributed by atoms with Crippen molar-refractivity contribution in [2.45, 2.75) is 33.1 Å². The number of aromatic nitrogens is 3. The molecule has 7 heteroatoms. The fourth-order valence-electron chi connectivity index (χ4n) is 3.05. The Morgan fingerprint density at radius 1 is 1.17 bits per heavy atom. The molecule has 0 fully saturated rings. The molecule has 0 radical (unpaired) electrons. The number of rotatable bonds is 7. The number of carbonyl (C=O) groups excluding carboxylic acids is 1. The van der Waals surface area contributed by atoms with E-state index >= 15 is 0 Å². The number of hydrogen-bond donors (Lipinski definition) is 1. The summed E-state index contributed by atoms with van der Waals surface area (Å²) in [6.45, 7) is 10.7. The topological polar surface area (TPSA) is 71.8 Å². The van der Waals surface area contributed by atoms with Gasteiger partial charge in [-0.25, -0.2) is 9.50 Å². The minimum absolute atomic E-state index is 0.0512. The second-order valence-electron chi connectivity index (χ2n) is 7.97. The molecule has 1 aromatic carbocycles. The van der Waals surface area contributed by atoms with E-state index in [1.807, 2.05) is 36.4 Å². The molecule has 0 bridgehead atoms. The molecule has 3 aromatic rings. The number of hydrogen-bond acceptors (Lipinski definition) is 5. The van der Waals surface area contributed by atoms with Crippen molar-refractivity contribution in [1.29, 1.82) is 0 Å².